The summed E-state index contributed by atoms with van der Waals surface area (Å²) in [5.74, 6) is 0.221. The second kappa shape index (κ2) is 7.87. The minimum absolute atomic E-state index is 0.00198. The molecule has 2 rings (SSSR count). The molecule has 0 saturated carbocycles. The van der Waals surface area contributed by atoms with Gasteiger partial charge in [0.05, 0.1) is 10.6 Å². The first kappa shape index (κ1) is 17.1. The van der Waals surface area contributed by atoms with E-state index in [1.807, 2.05) is 25.1 Å². The highest BCUT2D eigenvalue weighted by Crippen LogP contribution is 2.13. The van der Waals surface area contributed by atoms with Crippen LogP contribution >= 0.6 is 0 Å². The Hall–Kier alpha value is -3.22. The Bertz CT molecular complexity index is 770. The van der Waals surface area contributed by atoms with Crippen molar-refractivity contribution in [3.8, 4) is 5.75 Å². The van der Waals surface area contributed by atoms with Gasteiger partial charge >= 0.3 is 0 Å². The molecule has 0 aliphatic heterocycles. The summed E-state index contributed by atoms with van der Waals surface area (Å²) in [7, 11) is 0. The SMILES string of the molecule is C/C(=N/NC(=O)COc1cccc(C)c1)c1ccc([N+](=O)[O-])cc1. The number of nitro benzene ring substituents is 1. The molecule has 124 valence electrons. The number of benzene rings is 2. The van der Waals surface area contributed by atoms with Gasteiger partial charge in [-0.3, -0.25) is 14.9 Å². The van der Waals surface area contributed by atoms with E-state index in [0.29, 0.717) is 17.0 Å². The van der Waals surface area contributed by atoms with E-state index in [0.717, 1.165) is 5.56 Å². The van der Waals surface area contributed by atoms with Gasteiger partial charge in [-0.15, -0.1) is 0 Å². The number of nitrogens with zero attached hydrogens (tertiary/aromatic N) is 2. The molecule has 0 saturated heterocycles. The van der Waals surface area contributed by atoms with Crippen molar-refractivity contribution in [1.29, 1.82) is 0 Å². The Morgan fingerprint density at radius 3 is 2.58 bits per heavy atom. The van der Waals surface area contributed by atoms with Crippen LogP contribution in [0.3, 0.4) is 0 Å². The fraction of sp³-hybridized carbons (Fsp3) is 0.176. The maximum Gasteiger partial charge on any atom is 0.277 e. The van der Waals surface area contributed by atoms with E-state index in [-0.39, 0.29) is 12.3 Å². The normalized spacial score (nSPS) is 11.0. The number of hydrogen-bond acceptors (Lipinski definition) is 5. The topological polar surface area (TPSA) is 93.8 Å². The van der Waals surface area contributed by atoms with Crippen LogP contribution in [0.2, 0.25) is 0 Å². The smallest absolute Gasteiger partial charge is 0.277 e. The van der Waals surface area contributed by atoms with Gasteiger partial charge in [-0.05, 0) is 49.2 Å². The zero-order valence-corrected chi connectivity index (χ0v) is 13.4. The number of amides is 1. The molecule has 0 heterocycles. The van der Waals surface area contributed by atoms with Crippen molar-refractivity contribution >= 4 is 17.3 Å². The van der Waals surface area contributed by atoms with Gasteiger partial charge in [-0.25, -0.2) is 5.43 Å². The molecule has 0 aliphatic rings. The fourth-order valence-corrected chi connectivity index (χ4v) is 1.92. The fourth-order valence-electron chi connectivity index (χ4n) is 1.92. The Morgan fingerprint density at radius 1 is 1.25 bits per heavy atom. The van der Waals surface area contributed by atoms with E-state index < -0.39 is 10.8 Å². The average Bonchev–Trinajstić information content (AvgIpc) is 2.58. The summed E-state index contributed by atoms with van der Waals surface area (Å²) in [6.07, 6.45) is 0. The standard InChI is InChI=1S/C17H17N3O4/c1-12-4-3-5-16(10-12)24-11-17(21)19-18-13(2)14-6-8-15(9-7-14)20(22)23/h3-10H,11H2,1-2H3,(H,19,21)/b18-13-. The highest BCUT2D eigenvalue weighted by molar-refractivity contribution is 5.99. The minimum atomic E-state index is -0.472. The molecule has 0 unspecified atom stereocenters. The first-order valence-electron chi connectivity index (χ1n) is 7.23. The third-order valence-electron chi connectivity index (χ3n) is 3.20. The summed E-state index contributed by atoms with van der Waals surface area (Å²) in [6.45, 7) is 3.48. The number of nitro groups is 1. The van der Waals surface area contributed by atoms with Crippen LogP contribution in [0.25, 0.3) is 0 Å². The molecule has 0 fully saturated rings. The third kappa shape index (κ3) is 4.91. The van der Waals surface area contributed by atoms with E-state index in [9.17, 15) is 14.9 Å². The molecule has 2 aromatic carbocycles. The van der Waals surface area contributed by atoms with Crippen molar-refractivity contribution in [1.82, 2.24) is 5.43 Å². The number of carbonyl (C=O) groups is 1. The van der Waals surface area contributed by atoms with Crippen molar-refractivity contribution in [2.75, 3.05) is 6.61 Å². The first-order chi connectivity index (χ1) is 11.5. The predicted octanol–water partition coefficient (Wildman–Crippen LogP) is 2.82. The molecular formula is C17H17N3O4. The van der Waals surface area contributed by atoms with Crippen LogP contribution in [0.5, 0.6) is 5.75 Å². The molecule has 0 radical (unpaired) electrons. The van der Waals surface area contributed by atoms with Crippen LogP contribution in [0.4, 0.5) is 5.69 Å². The molecule has 1 amide bonds. The van der Waals surface area contributed by atoms with Crippen molar-refractivity contribution in [3.63, 3.8) is 0 Å². The second-order valence-corrected chi connectivity index (χ2v) is 5.14. The van der Waals surface area contributed by atoms with Gasteiger partial charge in [0.15, 0.2) is 6.61 Å². The summed E-state index contributed by atoms with van der Waals surface area (Å²) >= 11 is 0. The highest BCUT2D eigenvalue weighted by Gasteiger charge is 2.06. The molecule has 7 nitrogen and oxygen atoms in total. The molecule has 7 heteroatoms. The molecular weight excluding hydrogens is 310 g/mol. The summed E-state index contributed by atoms with van der Waals surface area (Å²) in [4.78, 5) is 21.9. The molecule has 0 spiro atoms. The Balaban J connectivity index is 1.89. The Kier molecular flexibility index (Phi) is 5.62. The summed E-state index contributed by atoms with van der Waals surface area (Å²) < 4.78 is 5.37. The highest BCUT2D eigenvalue weighted by atomic mass is 16.6. The number of non-ortho nitro benzene ring substituents is 1. The van der Waals surface area contributed by atoms with Crippen molar-refractivity contribution in [2.45, 2.75) is 13.8 Å². The van der Waals surface area contributed by atoms with E-state index >= 15 is 0 Å². The number of ether oxygens (including phenoxy) is 1. The monoisotopic (exact) mass is 327 g/mol. The van der Waals surface area contributed by atoms with E-state index in [4.69, 9.17) is 4.74 Å². The predicted molar refractivity (Wildman–Crippen MR) is 90.1 cm³/mol. The molecule has 0 aromatic heterocycles. The number of aryl methyl sites for hydroxylation is 1. The largest absolute Gasteiger partial charge is 0.484 e. The lowest BCUT2D eigenvalue weighted by Crippen LogP contribution is -2.25. The third-order valence-corrected chi connectivity index (χ3v) is 3.20. The van der Waals surface area contributed by atoms with E-state index in [2.05, 4.69) is 10.5 Å². The second-order valence-electron chi connectivity index (χ2n) is 5.14. The molecule has 0 bridgehead atoms. The van der Waals surface area contributed by atoms with Crippen LogP contribution in [0, 0.1) is 17.0 Å². The molecule has 24 heavy (non-hydrogen) atoms. The molecule has 1 N–H and O–H groups in total. The Labute approximate surface area is 139 Å². The number of hydrogen-bond donors (Lipinski definition) is 1. The van der Waals surface area contributed by atoms with Crippen LogP contribution in [-0.4, -0.2) is 23.1 Å². The van der Waals surface area contributed by atoms with Gasteiger partial charge < -0.3 is 4.74 Å². The van der Waals surface area contributed by atoms with Crippen LogP contribution in [0.15, 0.2) is 53.6 Å². The molecule has 2 aromatic rings. The van der Waals surface area contributed by atoms with Gasteiger partial charge in [-0.2, -0.15) is 5.10 Å². The van der Waals surface area contributed by atoms with E-state index in [1.165, 1.54) is 12.1 Å². The zero-order chi connectivity index (χ0) is 17.5. The van der Waals surface area contributed by atoms with E-state index in [1.54, 1.807) is 25.1 Å². The van der Waals surface area contributed by atoms with Crippen LogP contribution < -0.4 is 10.2 Å². The first-order valence-corrected chi connectivity index (χ1v) is 7.23. The lowest BCUT2D eigenvalue weighted by Gasteiger charge is -2.06. The summed E-state index contributed by atoms with van der Waals surface area (Å²) in [6, 6.07) is 13.3. The number of carbonyl (C=O) groups excluding carboxylic acids is 1. The number of nitrogens with one attached hydrogen (secondary N) is 1. The average molecular weight is 327 g/mol. The minimum Gasteiger partial charge on any atom is -0.484 e. The zero-order valence-electron chi connectivity index (χ0n) is 13.4. The lowest BCUT2D eigenvalue weighted by atomic mass is 10.1. The van der Waals surface area contributed by atoms with Crippen LogP contribution in [0.1, 0.15) is 18.1 Å². The van der Waals surface area contributed by atoms with Crippen molar-refractivity contribution < 1.29 is 14.5 Å². The number of rotatable bonds is 6. The maximum atomic E-state index is 11.7. The lowest BCUT2D eigenvalue weighted by molar-refractivity contribution is -0.384. The maximum absolute atomic E-state index is 11.7. The van der Waals surface area contributed by atoms with Crippen LogP contribution in [-0.2, 0) is 4.79 Å². The van der Waals surface area contributed by atoms with Gasteiger partial charge in [-0.1, -0.05) is 12.1 Å². The molecule has 0 atom stereocenters. The van der Waals surface area contributed by atoms with Gasteiger partial charge in [0.2, 0.25) is 0 Å². The quantitative estimate of drug-likeness (QED) is 0.501. The van der Waals surface area contributed by atoms with Gasteiger partial charge in [0.1, 0.15) is 5.75 Å². The molecule has 0 aliphatic carbocycles. The van der Waals surface area contributed by atoms with Gasteiger partial charge in [0, 0.05) is 12.1 Å². The van der Waals surface area contributed by atoms with Crippen molar-refractivity contribution in [3.05, 3.63) is 69.8 Å². The Morgan fingerprint density at radius 2 is 1.96 bits per heavy atom. The summed E-state index contributed by atoms with van der Waals surface area (Å²) in [5.41, 5.74) is 4.65. The van der Waals surface area contributed by atoms with Crippen molar-refractivity contribution in [2.24, 2.45) is 5.10 Å². The number of hydrazone groups is 1. The van der Waals surface area contributed by atoms with Gasteiger partial charge in [0.25, 0.3) is 11.6 Å². The summed E-state index contributed by atoms with van der Waals surface area (Å²) in [5, 5.41) is 14.6.